The molecule has 17 heavy (non-hydrogen) atoms. The van der Waals surface area contributed by atoms with Crippen LogP contribution in [0, 0.1) is 5.92 Å². The Morgan fingerprint density at radius 2 is 2.12 bits per heavy atom. The van der Waals surface area contributed by atoms with Crippen molar-refractivity contribution < 1.29 is 18.0 Å². The number of aromatic nitrogens is 1. The molecule has 0 unspecified atom stereocenters. The smallest absolute Gasteiger partial charge is 0.370 e. The third-order valence-electron chi connectivity index (χ3n) is 2.79. The molecule has 0 radical (unpaired) electrons. The van der Waals surface area contributed by atoms with Gasteiger partial charge in [-0.2, -0.15) is 13.2 Å². The molecule has 1 aromatic heterocycles. The molecule has 2 rings (SSSR count). The zero-order valence-corrected chi connectivity index (χ0v) is 8.94. The lowest BCUT2D eigenvalue weighted by Gasteiger charge is -2.40. The van der Waals surface area contributed by atoms with E-state index >= 15 is 0 Å². The van der Waals surface area contributed by atoms with E-state index in [1.165, 1.54) is 12.3 Å². The molecule has 92 valence electrons. The quantitative estimate of drug-likeness (QED) is 0.764. The first kappa shape index (κ1) is 11.9. The molecule has 0 bridgehead atoms. The topological polar surface area (TPSA) is 33.2 Å². The van der Waals surface area contributed by atoms with Gasteiger partial charge in [-0.05, 0) is 12.1 Å². The lowest BCUT2D eigenvalue weighted by atomic mass is 9.96. The van der Waals surface area contributed by atoms with E-state index in [-0.39, 0.29) is 0 Å². The van der Waals surface area contributed by atoms with Crippen LogP contribution < -0.4 is 4.90 Å². The second-order valence-corrected chi connectivity index (χ2v) is 4.07. The summed E-state index contributed by atoms with van der Waals surface area (Å²) in [5, 5.41) is 0. The Hall–Kier alpha value is -1.59. The van der Waals surface area contributed by atoms with Crippen LogP contribution in [-0.2, 0) is 11.0 Å². The van der Waals surface area contributed by atoms with E-state index < -0.39 is 11.9 Å². The van der Waals surface area contributed by atoms with Gasteiger partial charge >= 0.3 is 6.18 Å². The first-order valence-electron chi connectivity index (χ1n) is 5.22. The van der Waals surface area contributed by atoms with E-state index in [2.05, 4.69) is 4.98 Å². The van der Waals surface area contributed by atoms with Gasteiger partial charge in [-0.25, -0.2) is 4.98 Å². The Morgan fingerprint density at radius 1 is 1.41 bits per heavy atom. The van der Waals surface area contributed by atoms with Gasteiger partial charge < -0.3 is 9.69 Å². The number of rotatable bonds is 3. The van der Waals surface area contributed by atoms with Gasteiger partial charge in [0.15, 0.2) is 0 Å². The van der Waals surface area contributed by atoms with Gasteiger partial charge in [0.05, 0.1) is 11.9 Å². The van der Waals surface area contributed by atoms with Gasteiger partial charge in [-0.15, -0.1) is 0 Å². The average molecular weight is 244 g/mol. The zero-order chi connectivity index (χ0) is 12.5. The highest BCUT2D eigenvalue weighted by molar-refractivity contribution is 5.53. The second kappa shape index (κ2) is 4.35. The highest BCUT2D eigenvalue weighted by atomic mass is 19.4. The maximum atomic E-state index is 12.3. The van der Waals surface area contributed by atoms with Crippen LogP contribution in [0.2, 0.25) is 0 Å². The number of aldehydes is 1. The third-order valence-corrected chi connectivity index (χ3v) is 2.79. The van der Waals surface area contributed by atoms with Crippen LogP contribution in [0.1, 0.15) is 12.1 Å². The minimum Gasteiger partial charge on any atom is -0.370 e. The van der Waals surface area contributed by atoms with E-state index in [0.717, 1.165) is 12.4 Å². The molecule has 1 aliphatic rings. The van der Waals surface area contributed by atoms with E-state index in [0.29, 0.717) is 31.1 Å². The molecule has 6 heteroatoms. The van der Waals surface area contributed by atoms with Crippen LogP contribution in [0.4, 0.5) is 18.9 Å². The molecule has 1 aliphatic heterocycles. The predicted octanol–water partition coefficient (Wildman–Crippen LogP) is 2.13. The van der Waals surface area contributed by atoms with Crippen LogP contribution in [-0.4, -0.2) is 24.4 Å². The number of pyridine rings is 1. The monoisotopic (exact) mass is 244 g/mol. The van der Waals surface area contributed by atoms with Crippen LogP contribution >= 0.6 is 0 Å². The van der Waals surface area contributed by atoms with Crippen molar-refractivity contribution in [3.63, 3.8) is 0 Å². The summed E-state index contributed by atoms with van der Waals surface area (Å²) in [7, 11) is 0. The highest BCUT2D eigenvalue weighted by Crippen LogP contribution is 2.30. The van der Waals surface area contributed by atoms with Crippen molar-refractivity contribution in [1.82, 2.24) is 4.98 Å². The Bertz CT molecular complexity index is 396. The van der Waals surface area contributed by atoms with E-state index in [9.17, 15) is 18.0 Å². The van der Waals surface area contributed by atoms with Gasteiger partial charge in [-0.1, -0.05) is 0 Å². The SMILES string of the molecule is O=CCC1CN(c2ccc(C(F)(F)F)nc2)C1. The van der Waals surface area contributed by atoms with Crippen molar-refractivity contribution in [2.24, 2.45) is 5.92 Å². The zero-order valence-electron chi connectivity index (χ0n) is 8.94. The average Bonchev–Trinajstić information content (AvgIpc) is 2.22. The molecule has 0 amide bonds. The van der Waals surface area contributed by atoms with Gasteiger partial charge in [0.1, 0.15) is 12.0 Å². The van der Waals surface area contributed by atoms with Gasteiger partial charge in [0.25, 0.3) is 0 Å². The number of hydrogen-bond acceptors (Lipinski definition) is 3. The van der Waals surface area contributed by atoms with E-state index in [1.807, 2.05) is 4.90 Å². The minimum atomic E-state index is -4.40. The predicted molar refractivity (Wildman–Crippen MR) is 55.6 cm³/mol. The van der Waals surface area contributed by atoms with Crippen molar-refractivity contribution in [2.45, 2.75) is 12.6 Å². The fourth-order valence-electron chi connectivity index (χ4n) is 1.81. The molecule has 0 N–H and O–H groups in total. The molecule has 1 fully saturated rings. The number of nitrogens with zero attached hydrogens (tertiary/aromatic N) is 2. The summed E-state index contributed by atoms with van der Waals surface area (Å²) in [4.78, 5) is 15.5. The maximum Gasteiger partial charge on any atom is 0.433 e. The summed E-state index contributed by atoms with van der Waals surface area (Å²) in [6, 6.07) is 2.38. The maximum absolute atomic E-state index is 12.3. The van der Waals surface area contributed by atoms with Crippen molar-refractivity contribution in [3.05, 3.63) is 24.0 Å². The summed E-state index contributed by atoms with van der Waals surface area (Å²) < 4.78 is 36.8. The molecular formula is C11H11F3N2O. The van der Waals surface area contributed by atoms with E-state index in [1.54, 1.807) is 0 Å². The van der Waals surface area contributed by atoms with Crippen molar-refractivity contribution in [1.29, 1.82) is 0 Å². The first-order chi connectivity index (χ1) is 8.00. The Kier molecular flexibility index (Phi) is 3.04. The summed E-state index contributed by atoms with van der Waals surface area (Å²) in [5.74, 6) is 0.315. The fraction of sp³-hybridized carbons (Fsp3) is 0.455. The Balaban J connectivity index is 1.98. The van der Waals surface area contributed by atoms with Crippen LogP contribution in [0.15, 0.2) is 18.3 Å². The summed E-state index contributed by atoms with van der Waals surface area (Å²) in [6.45, 7) is 1.40. The van der Waals surface area contributed by atoms with Crippen molar-refractivity contribution in [3.8, 4) is 0 Å². The van der Waals surface area contributed by atoms with Crippen molar-refractivity contribution in [2.75, 3.05) is 18.0 Å². The molecule has 1 saturated heterocycles. The van der Waals surface area contributed by atoms with Crippen LogP contribution in [0.25, 0.3) is 0 Å². The Labute approximate surface area is 96.3 Å². The number of anilines is 1. The molecule has 1 aromatic rings. The molecule has 0 spiro atoms. The number of hydrogen-bond donors (Lipinski definition) is 0. The summed E-state index contributed by atoms with van der Waals surface area (Å²) in [6.07, 6.45) is -1.80. The van der Waals surface area contributed by atoms with E-state index in [4.69, 9.17) is 0 Å². The third kappa shape index (κ3) is 2.57. The van der Waals surface area contributed by atoms with Gasteiger partial charge in [0, 0.05) is 25.4 Å². The highest BCUT2D eigenvalue weighted by Gasteiger charge is 2.33. The summed E-state index contributed by atoms with van der Waals surface area (Å²) in [5.41, 5.74) is -0.216. The van der Waals surface area contributed by atoms with Gasteiger partial charge in [0.2, 0.25) is 0 Å². The minimum absolute atomic E-state index is 0.315. The molecule has 0 aromatic carbocycles. The molecular weight excluding hydrogens is 233 g/mol. The van der Waals surface area contributed by atoms with Gasteiger partial charge in [-0.3, -0.25) is 0 Å². The van der Waals surface area contributed by atoms with Crippen molar-refractivity contribution >= 4 is 12.0 Å². The lowest BCUT2D eigenvalue weighted by molar-refractivity contribution is -0.141. The molecule has 0 atom stereocenters. The Morgan fingerprint density at radius 3 is 2.59 bits per heavy atom. The number of carbonyl (C=O) groups is 1. The number of alkyl halides is 3. The molecule has 2 heterocycles. The lowest BCUT2D eigenvalue weighted by Crippen LogP contribution is -2.46. The summed E-state index contributed by atoms with van der Waals surface area (Å²) >= 11 is 0. The molecule has 0 aliphatic carbocycles. The second-order valence-electron chi connectivity index (χ2n) is 4.07. The van der Waals surface area contributed by atoms with Crippen LogP contribution in [0.3, 0.4) is 0 Å². The standard InChI is InChI=1S/C11H11F3N2O/c12-11(13,14)10-2-1-9(5-15-10)16-6-8(7-16)3-4-17/h1-2,4-5,8H,3,6-7H2. The number of carbonyl (C=O) groups excluding carboxylic acids is 1. The van der Waals surface area contributed by atoms with Crippen LogP contribution in [0.5, 0.6) is 0 Å². The fourth-order valence-corrected chi connectivity index (χ4v) is 1.81. The number of halogens is 3. The largest absolute Gasteiger partial charge is 0.433 e. The molecule has 3 nitrogen and oxygen atoms in total. The normalized spacial score (nSPS) is 16.8. The first-order valence-corrected chi connectivity index (χ1v) is 5.22. The molecule has 0 saturated carbocycles.